The van der Waals surface area contributed by atoms with E-state index < -0.39 is 5.91 Å². The molecule has 1 aromatic rings. The number of hydrazine groups is 1. The molecule has 1 aromatic carbocycles. The quantitative estimate of drug-likeness (QED) is 0.821. The minimum absolute atomic E-state index is 0.0343. The molecule has 21 heavy (non-hydrogen) atoms. The second kappa shape index (κ2) is 5.45. The lowest BCUT2D eigenvalue weighted by molar-refractivity contribution is -0.139. The van der Waals surface area contributed by atoms with Gasteiger partial charge in [-0.1, -0.05) is 28.1 Å². The molecule has 7 nitrogen and oxygen atoms in total. The molecule has 2 atom stereocenters. The number of fused-ring (bicyclic) bond motifs is 1. The van der Waals surface area contributed by atoms with Crippen molar-refractivity contribution >= 4 is 34.1 Å². The number of primary amides is 1. The SMILES string of the molecule is NC(=O)CN1N=CN2NC(c3ccc(Br)cc3)CC2C1=O. The summed E-state index contributed by atoms with van der Waals surface area (Å²) in [5.74, 6) is -0.798. The normalized spacial score (nSPS) is 24.3. The van der Waals surface area contributed by atoms with Crippen molar-refractivity contribution < 1.29 is 9.59 Å². The van der Waals surface area contributed by atoms with Gasteiger partial charge in [-0.2, -0.15) is 5.10 Å². The minimum Gasteiger partial charge on any atom is -0.368 e. The molecule has 2 amide bonds. The van der Waals surface area contributed by atoms with E-state index in [1.807, 2.05) is 24.3 Å². The van der Waals surface area contributed by atoms with Crippen molar-refractivity contribution in [1.82, 2.24) is 15.4 Å². The van der Waals surface area contributed by atoms with E-state index in [1.165, 1.54) is 6.34 Å². The number of hydrogen-bond acceptors (Lipinski definition) is 5. The van der Waals surface area contributed by atoms with Crippen LogP contribution in [-0.2, 0) is 9.59 Å². The Kier molecular flexibility index (Phi) is 3.64. The molecule has 0 aromatic heterocycles. The molecule has 0 spiro atoms. The summed E-state index contributed by atoms with van der Waals surface area (Å²) in [6, 6.07) is 7.60. The van der Waals surface area contributed by atoms with Crippen LogP contribution < -0.4 is 11.2 Å². The largest absolute Gasteiger partial charge is 0.368 e. The van der Waals surface area contributed by atoms with Crippen LogP contribution in [0.2, 0.25) is 0 Å². The van der Waals surface area contributed by atoms with Crippen molar-refractivity contribution in [3.63, 3.8) is 0 Å². The fourth-order valence-corrected chi connectivity index (χ4v) is 2.78. The van der Waals surface area contributed by atoms with Gasteiger partial charge in [0.1, 0.15) is 18.9 Å². The minimum atomic E-state index is -0.579. The fourth-order valence-electron chi connectivity index (χ4n) is 2.51. The monoisotopic (exact) mass is 351 g/mol. The van der Waals surface area contributed by atoms with Gasteiger partial charge in [0.15, 0.2) is 0 Å². The topological polar surface area (TPSA) is 91.0 Å². The second-order valence-electron chi connectivity index (χ2n) is 4.99. The maximum atomic E-state index is 12.3. The van der Waals surface area contributed by atoms with E-state index in [-0.39, 0.29) is 24.5 Å². The number of nitrogens with one attached hydrogen (secondary N) is 1. The Morgan fingerprint density at radius 1 is 1.43 bits per heavy atom. The van der Waals surface area contributed by atoms with Crippen LogP contribution in [0, 0.1) is 0 Å². The van der Waals surface area contributed by atoms with E-state index in [9.17, 15) is 9.59 Å². The third-order valence-electron chi connectivity index (χ3n) is 3.53. The van der Waals surface area contributed by atoms with Crippen LogP contribution >= 0.6 is 15.9 Å². The zero-order chi connectivity index (χ0) is 15.0. The molecule has 0 aliphatic carbocycles. The Morgan fingerprint density at radius 3 is 2.81 bits per heavy atom. The van der Waals surface area contributed by atoms with Crippen molar-refractivity contribution in [1.29, 1.82) is 0 Å². The predicted molar refractivity (Wildman–Crippen MR) is 79.7 cm³/mol. The molecule has 8 heteroatoms. The molecular formula is C13H14BrN5O2. The zero-order valence-electron chi connectivity index (χ0n) is 11.1. The number of hydrazone groups is 1. The molecule has 0 bridgehead atoms. The van der Waals surface area contributed by atoms with Gasteiger partial charge in [-0.3, -0.25) is 14.6 Å². The molecule has 1 fully saturated rings. The van der Waals surface area contributed by atoms with Crippen molar-refractivity contribution in [3.05, 3.63) is 34.3 Å². The molecule has 2 unspecified atom stereocenters. The Balaban J connectivity index is 1.75. The van der Waals surface area contributed by atoms with Crippen molar-refractivity contribution in [2.75, 3.05) is 6.54 Å². The van der Waals surface area contributed by atoms with Crippen molar-refractivity contribution in [2.24, 2.45) is 10.8 Å². The first kappa shape index (κ1) is 14.0. The highest BCUT2D eigenvalue weighted by molar-refractivity contribution is 9.10. The Labute approximate surface area is 129 Å². The maximum absolute atomic E-state index is 12.3. The number of halogens is 1. The highest BCUT2D eigenvalue weighted by Crippen LogP contribution is 2.29. The highest BCUT2D eigenvalue weighted by Gasteiger charge is 2.41. The second-order valence-corrected chi connectivity index (χ2v) is 5.90. The fraction of sp³-hybridized carbons (Fsp3) is 0.308. The van der Waals surface area contributed by atoms with E-state index in [0.717, 1.165) is 15.0 Å². The van der Waals surface area contributed by atoms with E-state index in [4.69, 9.17) is 5.73 Å². The summed E-state index contributed by atoms with van der Waals surface area (Å²) in [4.78, 5) is 23.2. The van der Waals surface area contributed by atoms with E-state index in [2.05, 4.69) is 26.5 Å². The summed E-state index contributed by atoms with van der Waals surface area (Å²) in [5.41, 5.74) is 9.45. The number of rotatable bonds is 3. The average molecular weight is 352 g/mol. The van der Waals surface area contributed by atoms with Crippen molar-refractivity contribution in [2.45, 2.75) is 18.5 Å². The van der Waals surface area contributed by atoms with E-state index >= 15 is 0 Å². The van der Waals surface area contributed by atoms with E-state index in [1.54, 1.807) is 5.01 Å². The van der Waals surface area contributed by atoms with Gasteiger partial charge in [0.2, 0.25) is 5.91 Å². The molecule has 0 saturated carbocycles. The predicted octanol–water partition coefficient (Wildman–Crippen LogP) is 0.340. The van der Waals surface area contributed by atoms with Crippen LogP contribution in [0.25, 0.3) is 0 Å². The molecular weight excluding hydrogens is 338 g/mol. The van der Waals surface area contributed by atoms with Crippen LogP contribution in [0.4, 0.5) is 0 Å². The molecule has 2 aliphatic rings. The molecule has 0 radical (unpaired) electrons. The Hall–Kier alpha value is -1.93. The van der Waals surface area contributed by atoms with E-state index in [0.29, 0.717) is 6.42 Å². The number of carbonyl (C=O) groups excluding carboxylic acids is 2. The van der Waals surface area contributed by atoms with Crippen LogP contribution in [0.3, 0.4) is 0 Å². The summed E-state index contributed by atoms with van der Waals surface area (Å²) in [7, 11) is 0. The lowest BCUT2D eigenvalue weighted by Crippen LogP contribution is -2.52. The average Bonchev–Trinajstić information content (AvgIpc) is 2.87. The van der Waals surface area contributed by atoms with Gasteiger partial charge in [0.05, 0.1) is 6.04 Å². The first-order valence-corrected chi connectivity index (χ1v) is 7.27. The Morgan fingerprint density at radius 2 is 2.14 bits per heavy atom. The van der Waals surface area contributed by atoms with Gasteiger partial charge in [-0.05, 0) is 24.1 Å². The zero-order valence-corrected chi connectivity index (χ0v) is 12.7. The first-order chi connectivity index (χ1) is 10.0. The third-order valence-corrected chi connectivity index (χ3v) is 4.06. The number of amides is 2. The summed E-state index contributed by atoms with van der Waals surface area (Å²) in [6.07, 6.45) is 2.13. The highest BCUT2D eigenvalue weighted by atomic mass is 79.9. The van der Waals surface area contributed by atoms with Gasteiger partial charge < -0.3 is 5.73 Å². The van der Waals surface area contributed by atoms with Crippen LogP contribution in [0.1, 0.15) is 18.0 Å². The van der Waals surface area contributed by atoms with Crippen molar-refractivity contribution in [3.8, 4) is 0 Å². The van der Waals surface area contributed by atoms with Gasteiger partial charge in [-0.25, -0.2) is 10.4 Å². The smallest absolute Gasteiger partial charge is 0.267 e. The van der Waals surface area contributed by atoms with Gasteiger partial charge in [0.25, 0.3) is 5.91 Å². The number of hydrogen-bond donors (Lipinski definition) is 2. The van der Waals surface area contributed by atoms with Gasteiger partial charge in [-0.15, -0.1) is 0 Å². The summed E-state index contributed by atoms with van der Waals surface area (Å²) in [6.45, 7) is -0.192. The molecule has 110 valence electrons. The third kappa shape index (κ3) is 2.77. The molecule has 2 aliphatic heterocycles. The summed E-state index contributed by atoms with van der Waals surface area (Å²) in [5, 5.41) is 6.76. The molecule has 1 saturated heterocycles. The first-order valence-electron chi connectivity index (χ1n) is 6.48. The van der Waals surface area contributed by atoms with Gasteiger partial charge >= 0.3 is 0 Å². The lowest BCUT2D eigenvalue weighted by Gasteiger charge is -2.29. The number of nitrogens with two attached hydrogens (primary N) is 1. The number of benzene rings is 1. The standard InChI is InChI=1S/C13H14BrN5O2/c14-9-3-1-8(2-4-9)10-5-11-13(21)18(6-12(15)20)16-7-19(11)17-10/h1-4,7,10-11,17H,5-6H2,(H2,15,20). The lowest BCUT2D eigenvalue weighted by atomic mass is 10.0. The number of carbonyl (C=O) groups is 2. The molecule has 3 rings (SSSR count). The number of nitrogens with zero attached hydrogens (tertiary/aromatic N) is 3. The van der Waals surface area contributed by atoms with Crippen LogP contribution in [0.15, 0.2) is 33.8 Å². The van der Waals surface area contributed by atoms with Crippen LogP contribution in [-0.4, -0.2) is 40.8 Å². The Bertz CT molecular complexity index is 603. The van der Waals surface area contributed by atoms with Crippen LogP contribution in [0.5, 0.6) is 0 Å². The summed E-state index contributed by atoms with van der Waals surface area (Å²) < 4.78 is 1.01. The summed E-state index contributed by atoms with van der Waals surface area (Å²) >= 11 is 3.40. The molecule has 3 N–H and O–H groups in total. The van der Waals surface area contributed by atoms with Gasteiger partial charge in [0, 0.05) is 4.47 Å². The maximum Gasteiger partial charge on any atom is 0.267 e. The molecule has 2 heterocycles.